The molecule has 0 aromatic rings. The molecule has 1 unspecified atom stereocenters. The first kappa shape index (κ1) is 16.1. The average molecular weight is 307 g/mol. The molecule has 1 N–H and O–H groups in total. The van der Waals surface area contributed by atoms with Gasteiger partial charge in [-0.1, -0.05) is 0 Å². The summed E-state index contributed by atoms with van der Waals surface area (Å²) in [6.07, 6.45) is -1.91. The summed E-state index contributed by atoms with van der Waals surface area (Å²) in [5.74, 6) is -3.07. The molecule has 1 saturated carbocycles. The maximum absolute atomic E-state index is 12.6. The number of rotatable bonds is 2. The fourth-order valence-corrected chi connectivity index (χ4v) is 3.35. The van der Waals surface area contributed by atoms with E-state index in [1.54, 1.807) is 0 Å². The molecule has 120 valence electrons. The predicted octanol–water partition coefficient (Wildman–Crippen LogP) is 2.82. The van der Waals surface area contributed by atoms with Crippen molar-refractivity contribution < 1.29 is 27.9 Å². The molecule has 2 fully saturated rings. The molecule has 4 nitrogen and oxygen atoms in total. The Bertz CT molecular complexity index is 403. The van der Waals surface area contributed by atoms with Crippen molar-refractivity contribution >= 4 is 11.9 Å². The lowest BCUT2D eigenvalue weighted by molar-refractivity contribution is -0.185. The zero-order chi connectivity index (χ0) is 15.6. The number of carboxylic acids is 1. The molecule has 1 aliphatic heterocycles. The van der Waals surface area contributed by atoms with E-state index in [1.807, 2.05) is 0 Å². The summed E-state index contributed by atoms with van der Waals surface area (Å²) in [6.45, 7) is 0.398. The number of nitrogens with zero attached hydrogens (tertiary/aromatic N) is 1. The van der Waals surface area contributed by atoms with Gasteiger partial charge in [0.25, 0.3) is 0 Å². The van der Waals surface area contributed by atoms with E-state index in [4.69, 9.17) is 5.11 Å². The Labute approximate surface area is 121 Å². The van der Waals surface area contributed by atoms with Crippen LogP contribution in [0.2, 0.25) is 0 Å². The number of hydrogen-bond donors (Lipinski definition) is 1. The molecular weight excluding hydrogens is 287 g/mol. The summed E-state index contributed by atoms with van der Waals surface area (Å²) in [7, 11) is 0. The number of carboxylic acid groups (broad SMARTS) is 1. The van der Waals surface area contributed by atoms with Crippen LogP contribution in [-0.4, -0.2) is 40.6 Å². The Morgan fingerprint density at radius 1 is 1.00 bits per heavy atom. The fraction of sp³-hybridized carbons (Fsp3) is 0.857. The van der Waals surface area contributed by atoms with Gasteiger partial charge in [0.15, 0.2) is 0 Å². The third kappa shape index (κ3) is 3.68. The van der Waals surface area contributed by atoms with Crippen LogP contribution in [0.4, 0.5) is 13.2 Å². The van der Waals surface area contributed by atoms with E-state index in [9.17, 15) is 22.8 Å². The summed E-state index contributed by atoms with van der Waals surface area (Å²) < 4.78 is 37.9. The Balaban J connectivity index is 1.96. The summed E-state index contributed by atoms with van der Waals surface area (Å²) in [4.78, 5) is 25.0. The average Bonchev–Trinajstić information content (AvgIpc) is 2.45. The van der Waals surface area contributed by atoms with Gasteiger partial charge in [0.2, 0.25) is 5.91 Å². The summed E-state index contributed by atoms with van der Waals surface area (Å²) >= 11 is 0. The second-order valence-electron chi connectivity index (χ2n) is 5.97. The second-order valence-corrected chi connectivity index (χ2v) is 5.97. The highest BCUT2D eigenvalue weighted by molar-refractivity contribution is 5.85. The molecule has 21 heavy (non-hydrogen) atoms. The third-order valence-corrected chi connectivity index (χ3v) is 4.61. The van der Waals surface area contributed by atoms with Crippen LogP contribution in [0, 0.1) is 11.8 Å². The van der Waals surface area contributed by atoms with Crippen LogP contribution >= 0.6 is 0 Å². The Hall–Kier alpha value is -1.27. The predicted molar refractivity (Wildman–Crippen MR) is 68.5 cm³/mol. The normalized spacial score (nSPS) is 31.0. The van der Waals surface area contributed by atoms with Gasteiger partial charge in [-0.15, -0.1) is 0 Å². The van der Waals surface area contributed by atoms with Crippen molar-refractivity contribution in [3.8, 4) is 0 Å². The number of likely N-dealkylation sites (tertiary alicyclic amines) is 1. The van der Waals surface area contributed by atoms with Crippen molar-refractivity contribution in [2.24, 2.45) is 11.8 Å². The molecule has 1 atom stereocenters. The number of amides is 1. The number of hydrogen-bond acceptors (Lipinski definition) is 2. The van der Waals surface area contributed by atoms with E-state index >= 15 is 0 Å². The second kappa shape index (κ2) is 6.23. The molecule has 7 heteroatoms. The number of piperidine rings is 1. The maximum atomic E-state index is 12.6. The van der Waals surface area contributed by atoms with Crippen molar-refractivity contribution in [3.63, 3.8) is 0 Å². The first-order chi connectivity index (χ1) is 9.80. The van der Waals surface area contributed by atoms with E-state index in [0.29, 0.717) is 13.0 Å². The minimum absolute atomic E-state index is 0.0362. The molecule has 0 spiro atoms. The molecule has 1 amide bonds. The Kier molecular flexibility index (Phi) is 4.78. The lowest BCUT2D eigenvalue weighted by Gasteiger charge is -2.37. The summed E-state index contributed by atoms with van der Waals surface area (Å²) in [5.41, 5.74) is 0. The standard InChI is InChI=1S/C14H20F3NO3/c15-14(16,17)10-6-4-9(5-7-10)12(19)18-8-2-1-3-11(18)13(20)21/h9-11H,1-8H2,(H,20,21). The van der Waals surface area contributed by atoms with E-state index in [0.717, 1.165) is 12.8 Å². The molecule has 1 saturated heterocycles. The number of carbonyl (C=O) groups is 2. The molecule has 0 aromatic heterocycles. The molecule has 0 bridgehead atoms. The van der Waals surface area contributed by atoms with Gasteiger partial charge in [0.05, 0.1) is 5.92 Å². The zero-order valence-corrected chi connectivity index (χ0v) is 11.7. The van der Waals surface area contributed by atoms with Gasteiger partial charge in [-0.2, -0.15) is 13.2 Å². The van der Waals surface area contributed by atoms with Crippen LogP contribution in [0.1, 0.15) is 44.9 Å². The highest BCUT2D eigenvalue weighted by atomic mass is 19.4. The minimum atomic E-state index is -4.19. The first-order valence-corrected chi connectivity index (χ1v) is 7.40. The summed E-state index contributed by atoms with van der Waals surface area (Å²) in [5, 5.41) is 9.16. The third-order valence-electron chi connectivity index (χ3n) is 4.61. The number of alkyl halides is 3. The van der Waals surface area contributed by atoms with Crippen molar-refractivity contribution in [3.05, 3.63) is 0 Å². The van der Waals surface area contributed by atoms with Crippen LogP contribution in [0.15, 0.2) is 0 Å². The topological polar surface area (TPSA) is 57.6 Å². The van der Waals surface area contributed by atoms with E-state index in [1.165, 1.54) is 4.90 Å². The van der Waals surface area contributed by atoms with E-state index in [-0.39, 0.29) is 31.6 Å². The molecular formula is C14H20F3NO3. The van der Waals surface area contributed by atoms with Gasteiger partial charge in [0, 0.05) is 12.5 Å². The number of carbonyl (C=O) groups excluding carboxylic acids is 1. The first-order valence-electron chi connectivity index (χ1n) is 7.40. The summed E-state index contributed by atoms with van der Waals surface area (Å²) in [6, 6.07) is -0.813. The van der Waals surface area contributed by atoms with Crippen LogP contribution in [-0.2, 0) is 9.59 Å². The molecule has 1 heterocycles. The van der Waals surface area contributed by atoms with Crippen molar-refractivity contribution in [1.82, 2.24) is 4.90 Å². The SMILES string of the molecule is O=C(O)C1CCCCN1C(=O)C1CCC(C(F)(F)F)CC1. The van der Waals surface area contributed by atoms with Gasteiger partial charge < -0.3 is 10.0 Å². The molecule has 1 aliphatic carbocycles. The lowest BCUT2D eigenvalue weighted by Crippen LogP contribution is -2.50. The quantitative estimate of drug-likeness (QED) is 0.853. The molecule has 0 aromatic carbocycles. The van der Waals surface area contributed by atoms with Gasteiger partial charge in [0.1, 0.15) is 6.04 Å². The van der Waals surface area contributed by atoms with Crippen LogP contribution < -0.4 is 0 Å². The van der Waals surface area contributed by atoms with Gasteiger partial charge in [-0.25, -0.2) is 4.79 Å². The van der Waals surface area contributed by atoms with Crippen molar-refractivity contribution in [2.45, 2.75) is 57.2 Å². The van der Waals surface area contributed by atoms with Crippen molar-refractivity contribution in [2.75, 3.05) is 6.54 Å². The number of halogens is 3. The molecule has 2 rings (SSSR count). The zero-order valence-electron chi connectivity index (χ0n) is 11.7. The Morgan fingerprint density at radius 3 is 2.14 bits per heavy atom. The van der Waals surface area contributed by atoms with Gasteiger partial charge >= 0.3 is 12.1 Å². The van der Waals surface area contributed by atoms with Gasteiger partial charge in [-0.3, -0.25) is 4.79 Å². The maximum Gasteiger partial charge on any atom is 0.391 e. The van der Waals surface area contributed by atoms with Crippen LogP contribution in [0.3, 0.4) is 0 Å². The monoisotopic (exact) mass is 307 g/mol. The van der Waals surface area contributed by atoms with Crippen LogP contribution in [0.5, 0.6) is 0 Å². The van der Waals surface area contributed by atoms with Crippen molar-refractivity contribution in [1.29, 1.82) is 0 Å². The highest BCUT2D eigenvalue weighted by Gasteiger charge is 2.44. The largest absolute Gasteiger partial charge is 0.480 e. The fourth-order valence-electron chi connectivity index (χ4n) is 3.35. The minimum Gasteiger partial charge on any atom is -0.480 e. The van der Waals surface area contributed by atoms with E-state index in [2.05, 4.69) is 0 Å². The highest BCUT2D eigenvalue weighted by Crippen LogP contribution is 2.40. The molecule has 2 aliphatic rings. The number of aliphatic carboxylic acids is 1. The van der Waals surface area contributed by atoms with E-state index < -0.39 is 30.0 Å². The smallest absolute Gasteiger partial charge is 0.391 e. The van der Waals surface area contributed by atoms with Gasteiger partial charge in [-0.05, 0) is 44.9 Å². The Morgan fingerprint density at radius 2 is 1.62 bits per heavy atom. The van der Waals surface area contributed by atoms with Crippen LogP contribution in [0.25, 0.3) is 0 Å². The lowest BCUT2D eigenvalue weighted by atomic mass is 9.80. The molecule has 0 radical (unpaired) electrons.